The van der Waals surface area contributed by atoms with Gasteiger partial charge in [-0.25, -0.2) is 4.98 Å². The lowest BCUT2D eigenvalue weighted by molar-refractivity contribution is 0.483. The maximum Gasteiger partial charge on any atom is 0.137 e. The summed E-state index contributed by atoms with van der Waals surface area (Å²) in [6.07, 6.45) is 1.82. The van der Waals surface area contributed by atoms with E-state index in [4.69, 9.17) is 10.1 Å². The van der Waals surface area contributed by atoms with Crippen LogP contribution in [-0.4, -0.2) is 15.3 Å². The van der Waals surface area contributed by atoms with E-state index in [0.717, 1.165) is 56.1 Å². The number of pyridine rings is 1. The summed E-state index contributed by atoms with van der Waals surface area (Å²) < 4.78 is 8.59. The molecule has 2 heterocycles. The molecule has 0 bridgehead atoms. The molecule has 0 saturated carbocycles. The molecule has 0 radical (unpaired) electrons. The van der Waals surface area contributed by atoms with Crippen LogP contribution in [0.3, 0.4) is 0 Å². The van der Waals surface area contributed by atoms with Crippen LogP contribution < -0.4 is 10.1 Å². The van der Waals surface area contributed by atoms with Gasteiger partial charge in [-0.2, -0.15) is 0 Å². The summed E-state index contributed by atoms with van der Waals surface area (Å²) in [5.74, 6) is 2.32. The average Bonchev–Trinajstić information content (AvgIpc) is 3.39. The second kappa shape index (κ2) is 12.0. The van der Waals surface area contributed by atoms with E-state index >= 15 is 0 Å². The van der Waals surface area contributed by atoms with E-state index in [1.807, 2.05) is 86.8 Å². The third-order valence-corrected chi connectivity index (χ3v) is 7.96. The van der Waals surface area contributed by atoms with Crippen LogP contribution in [0, 0.1) is 5.41 Å². The Balaban J connectivity index is 1.18. The van der Waals surface area contributed by atoms with Crippen LogP contribution in [-0.2, 0) is 0 Å². The summed E-state index contributed by atoms with van der Waals surface area (Å²) in [6, 6.07) is 47.2. The second-order valence-electron chi connectivity index (χ2n) is 11.0. The zero-order valence-electron chi connectivity index (χ0n) is 25.2. The topological polar surface area (TPSA) is 62.9 Å². The Kier molecular flexibility index (Phi) is 7.42. The molecule has 0 amide bonds. The fourth-order valence-electron chi connectivity index (χ4n) is 5.97. The smallest absolute Gasteiger partial charge is 0.137 e. The van der Waals surface area contributed by atoms with E-state index in [9.17, 15) is 0 Å². The molecule has 0 unspecified atom stereocenters. The van der Waals surface area contributed by atoms with Crippen molar-refractivity contribution in [2.75, 3.05) is 5.32 Å². The number of fused-ring (bicyclic) bond motifs is 3. The Bertz CT molecular complexity index is 2180. The van der Waals surface area contributed by atoms with E-state index in [0.29, 0.717) is 11.5 Å². The third-order valence-electron chi connectivity index (χ3n) is 7.96. The second-order valence-corrected chi connectivity index (χ2v) is 11.0. The Morgan fingerprint density at radius 1 is 0.644 bits per heavy atom. The largest absolute Gasteiger partial charge is 0.457 e. The lowest BCUT2D eigenvalue weighted by atomic mass is 9.97. The number of hydrogen-bond donors (Lipinski definition) is 2. The number of ether oxygens (including phenoxy) is 1. The van der Waals surface area contributed by atoms with Crippen LogP contribution >= 0.6 is 0 Å². The minimum atomic E-state index is 0.497. The lowest BCUT2D eigenvalue weighted by Gasteiger charge is -2.15. The van der Waals surface area contributed by atoms with Gasteiger partial charge in [-0.1, -0.05) is 84.9 Å². The zero-order valence-corrected chi connectivity index (χ0v) is 25.2. The Morgan fingerprint density at radius 2 is 1.36 bits per heavy atom. The molecule has 45 heavy (non-hydrogen) atoms. The summed E-state index contributed by atoms with van der Waals surface area (Å²) in [6.45, 7) is 3.84. The minimum absolute atomic E-state index is 0.497. The molecule has 2 N–H and O–H groups in total. The number of nitrogens with one attached hydrogen (secondary N) is 2. The van der Waals surface area contributed by atoms with E-state index in [1.54, 1.807) is 0 Å². The number of aromatic nitrogens is 2. The molecule has 7 aromatic rings. The molecule has 0 atom stereocenters. The predicted molar refractivity (Wildman–Crippen MR) is 187 cm³/mol. The van der Waals surface area contributed by atoms with Crippen molar-refractivity contribution in [2.45, 2.75) is 13.8 Å². The van der Waals surface area contributed by atoms with Gasteiger partial charge < -0.3 is 15.5 Å². The zero-order chi connectivity index (χ0) is 30.8. The first-order chi connectivity index (χ1) is 22.0. The van der Waals surface area contributed by atoms with Gasteiger partial charge in [0.1, 0.15) is 17.3 Å². The molecule has 2 aromatic heterocycles. The maximum atomic E-state index is 8.55. The lowest BCUT2D eigenvalue weighted by Crippen LogP contribution is -2.05. The van der Waals surface area contributed by atoms with Gasteiger partial charge in [-0.3, -0.25) is 4.57 Å². The standard InChI is InChI=1S/C40H32N4O/c1-27(41)40(31-20-18-30(19-21-31)29-11-4-3-5-12-29)28(2)43-32-13-10-14-33(25-32)45-34-22-23-36-35-15-6-7-16-37(35)44(38(36)26-34)39-17-8-9-24-42-39/h3-26,41,43H,1-2H3/b40-28+,41-27?. The molecular formula is C40H32N4O. The molecule has 0 aliphatic carbocycles. The third kappa shape index (κ3) is 5.59. The SMILES string of the molecule is CC(=N)/C(=C(/C)Nc1cccc(Oc2ccc3c4ccccc4n(-c4ccccn4)c3c2)c1)c1ccc(-c2ccccc2)cc1. The van der Waals surface area contributed by atoms with Crippen LogP contribution in [0.5, 0.6) is 11.5 Å². The molecule has 218 valence electrons. The van der Waals surface area contributed by atoms with Gasteiger partial charge in [-0.05, 0) is 73.0 Å². The van der Waals surface area contributed by atoms with Crippen LogP contribution in [0.15, 0.2) is 151 Å². The van der Waals surface area contributed by atoms with E-state index in [1.165, 1.54) is 10.9 Å². The minimum Gasteiger partial charge on any atom is -0.457 e. The van der Waals surface area contributed by atoms with Gasteiger partial charge >= 0.3 is 0 Å². The van der Waals surface area contributed by atoms with E-state index < -0.39 is 0 Å². The molecule has 5 heteroatoms. The molecule has 0 spiro atoms. The monoisotopic (exact) mass is 584 g/mol. The predicted octanol–water partition coefficient (Wildman–Crippen LogP) is 10.5. The number of benzene rings is 5. The van der Waals surface area contributed by atoms with Gasteiger partial charge in [0.2, 0.25) is 0 Å². The fourth-order valence-corrected chi connectivity index (χ4v) is 5.97. The van der Waals surface area contributed by atoms with Crippen LogP contribution in [0.4, 0.5) is 5.69 Å². The molecule has 0 aliphatic rings. The number of allylic oxidation sites excluding steroid dienone is 2. The molecule has 0 saturated heterocycles. The fraction of sp³-hybridized carbons (Fsp3) is 0.0500. The van der Waals surface area contributed by atoms with Crippen LogP contribution in [0.1, 0.15) is 19.4 Å². The van der Waals surface area contributed by atoms with Crippen molar-refractivity contribution in [3.8, 4) is 28.4 Å². The first kappa shape index (κ1) is 27.9. The van der Waals surface area contributed by atoms with Crippen molar-refractivity contribution in [2.24, 2.45) is 0 Å². The quantitative estimate of drug-likeness (QED) is 0.175. The molecular weight excluding hydrogens is 552 g/mol. The molecule has 7 rings (SSSR count). The highest BCUT2D eigenvalue weighted by atomic mass is 16.5. The van der Waals surface area contributed by atoms with Gasteiger partial charge in [-0.15, -0.1) is 0 Å². The summed E-state index contributed by atoms with van der Waals surface area (Å²) in [5, 5.41) is 14.4. The van der Waals surface area contributed by atoms with Crippen LogP contribution in [0.25, 0.3) is 44.3 Å². The summed E-state index contributed by atoms with van der Waals surface area (Å²) in [5.41, 5.74) is 8.59. The Hall–Kier alpha value is -5.94. The van der Waals surface area contributed by atoms with Gasteiger partial charge in [0.15, 0.2) is 0 Å². The number of nitrogens with zero attached hydrogens (tertiary/aromatic N) is 2. The van der Waals surface area contributed by atoms with Gasteiger partial charge in [0, 0.05) is 51.8 Å². The van der Waals surface area contributed by atoms with Crippen molar-refractivity contribution in [1.29, 1.82) is 5.41 Å². The van der Waals surface area contributed by atoms with E-state index in [-0.39, 0.29) is 0 Å². The van der Waals surface area contributed by atoms with Crippen molar-refractivity contribution in [1.82, 2.24) is 9.55 Å². The number of para-hydroxylation sites is 1. The molecule has 5 nitrogen and oxygen atoms in total. The van der Waals surface area contributed by atoms with Crippen LogP contribution in [0.2, 0.25) is 0 Å². The molecule has 0 fully saturated rings. The highest BCUT2D eigenvalue weighted by molar-refractivity contribution is 6.22. The molecule has 0 aliphatic heterocycles. The highest BCUT2D eigenvalue weighted by Gasteiger charge is 2.14. The van der Waals surface area contributed by atoms with E-state index in [2.05, 4.69) is 87.7 Å². The summed E-state index contributed by atoms with van der Waals surface area (Å²) in [7, 11) is 0. The number of anilines is 1. The number of rotatable bonds is 8. The number of hydrogen-bond acceptors (Lipinski definition) is 4. The van der Waals surface area contributed by atoms with Crippen molar-refractivity contribution in [3.63, 3.8) is 0 Å². The summed E-state index contributed by atoms with van der Waals surface area (Å²) in [4.78, 5) is 4.64. The maximum absolute atomic E-state index is 8.55. The average molecular weight is 585 g/mol. The first-order valence-corrected chi connectivity index (χ1v) is 15.0. The molecule has 5 aromatic carbocycles. The van der Waals surface area contributed by atoms with Crippen molar-refractivity contribution >= 4 is 38.8 Å². The van der Waals surface area contributed by atoms with Gasteiger partial charge in [0.25, 0.3) is 0 Å². The van der Waals surface area contributed by atoms with Crippen molar-refractivity contribution in [3.05, 3.63) is 157 Å². The Labute approximate surface area is 262 Å². The van der Waals surface area contributed by atoms with Crippen molar-refractivity contribution < 1.29 is 4.74 Å². The first-order valence-electron chi connectivity index (χ1n) is 15.0. The Morgan fingerprint density at radius 3 is 2.13 bits per heavy atom. The highest BCUT2D eigenvalue weighted by Crippen LogP contribution is 2.35. The normalized spacial score (nSPS) is 11.8. The van der Waals surface area contributed by atoms with Gasteiger partial charge in [0.05, 0.1) is 11.0 Å². The summed E-state index contributed by atoms with van der Waals surface area (Å²) >= 11 is 0.